The number of hydrogen-bond acceptors (Lipinski definition) is 3. The Labute approximate surface area is 159 Å². The molecule has 0 saturated carbocycles. The number of likely N-dealkylation sites (tertiary alicyclic amines) is 1. The van der Waals surface area contributed by atoms with Gasteiger partial charge in [-0.15, -0.1) is 0 Å². The van der Waals surface area contributed by atoms with Crippen molar-refractivity contribution >= 4 is 29.7 Å². The molecular weight excluding hydrogens is 385 g/mol. The van der Waals surface area contributed by atoms with Crippen molar-refractivity contribution in [3.8, 4) is 0 Å². The molecule has 2 atom stereocenters. The number of nitrogens with one attached hydrogen (secondary N) is 1. The number of alkyl halides is 3. The zero-order valence-corrected chi connectivity index (χ0v) is 15.6. The molecule has 0 unspecified atom stereocenters. The molecule has 2 amide bonds. The van der Waals surface area contributed by atoms with Crippen LogP contribution in [0.25, 0.3) is 0 Å². The summed E-state index contributed by atoms with van der Waals surface area (Å²) in [6.45, 7) is 3.79. The Morgan fingerprint density at radius 3 is 2.56 bits per heavy atom. The van der Waals surface area contributed by atoms with E-state index in [0.29, 0.717) is 25.7 Å². The molecule has 0 aromatic heterocycles. The fourth-order valence-electron chi connectivity index (χ4n) is 3.05. The number of rotatable bonds is 5. The Bertz CT molecular complexity index is 737. The van der Waals surface area contributed by atoms with E-state index >= 15 is 0 Å². The third kappa shape index (κ3) is 4.61. The first-order chi connectivity index (χ1) is 12.6. The van der Waals surface area contributed by atoms with Crippen LogP contribution in [0.15, 0.2) is 18.2 Å². The summed E-state index contributed by atoms with van der Waals surface area (Å²) in [4.78, 5) is 37.8. The first kappa shape index (κ1) is 21.2. The van der Waals surface area contributed by atoms with Gasteiger partial charge < -0.3 is 15.0 Å². The quantitative estimate of drug-likeness (QED) is 0.766. The molecule has 0 spiro atoms. The van der Waals surface area contributed by atoms with Crippen LogP contribution in [-0.2, 0) is 15.8 Å². The van der Waals surface area contributed by atoms with Crippen LogP contribution in [0.3, 0.4) is 0 Å². The molecule has 27 heavy (non-hydrogen) atoms. The minimum absolute atomic E-state index is 0.334. The van der Waals surface area contributed by atoms with E-state index in [9.17, 15) is 27.6 Å². The van der Waals surface area contributed by atoms with Gasteiger partial charge in [0.1, 0.15) is 12.3 Å². The van der Waals surface area contributed by atoms with Crippen LogP contribution >= 0.6 is 11.6 Å². The van der Waals surface area contributed by atoms with Crippen molar-refractivity contribution in [3.63, 3.8) is 0 Å². The minimum Gasteiger partial charge on any atom is -0.340 e. The predicted octanol–water partition coefficient (Wildman–Crippen LogP) is 3.30. The predicted molar refractivity (Wildman–Crippen MR) is 93.3 cm³/mol. The maximum absolute atomic E-state index is 13.0. The molecular formula is C18H20ClF3N2O3. The molecule has 1 aliphatic heterocycles. The highest BCUT2D eigenvalue weighted by molar-refractivity contribution is 6.34. The van der Waals surface area contributed by atoms with Crippen LogP contribution in [0.5, 0.6) is 0 Å². The Kier molecular flexibility index (Phi) is 6.51. The second kappa shape index (κ2) is 8.29. The van der Waals surface area contributed by atoms with Gasteiger partial charge in [-0.05, 0) is 30.9 Å². The number of amides is 2. The Morgan fingerprint density at radius 1 is 1.33 bits per heavy atom. The summed E-state index contributed by atoms with van der Waals surface area (Å²) in [6.07, 6.45) is -2.79. The summed E-state index contributed by atoms with van der Waals surface area (Å²) in [6, 6.07) is 1.50. The van der Waals surface area contributed by atoms with E-state index in [2.05, 4.69) is 5.32 Å². The molecule has 1 aromatic rings. The van der Waals surface area contributed by atoms with E-state index in [4.69, 9.17) is 11.6 Å². The first-order valence-corrected chi connectivity index (χ1v) is 8.88. The third-order valence-corrected chi connectivity index (χ3v) is 4.91. The van der Waals surface area contributed by atoms with Crippen molar-refractivity contribution < 1.29 is 27.6 Å². The number of nitrogens with zero attached hydrogens (tertiary/aromatic N) is 1. The molecule has 1 N–H and O–H groups in total. The average Bonchev–Trinajstić information content (AvgIpc) is 3.06. The van der Waals surface area contributed by atoms with Gasteiger partial charge >= 0.3 is 6.18 Å². The van der Waals surface area contributed by atoms with E-state index in [-0.39, 0.29) is 11.5 Å². The van der Waals surface area contributed by atoms with Crippen molar-refractivity contribution in [2.24, 2.45) is 5.92 Å². The SMILES string of the molecule is CC(C)[C@H](NC(=O)c1cccc(C(F)(F)F)c1Cl)C(=O)N1CCC[C@H]1C=O. The Balaban J connectivity index is 2.26. The number of hydrogen-bond donors (Lipinski definition) is 1. The molecule has 1 heterocycles. The van der Waals surface area contributed by atoms with E-state index in [1.807, 2.05) is 0 Å². The van der Waals surface area contributed by atoms with E-state index in [1.165, 1.54) is 11.0 Å². The summed E-state index contributed by atoms with van der Waals surface area (Å²) in [5.74, 6) is -1.64. The molecule has 1 aliphatic rings. The number of benzene rings is 1. The summed E-state index contributed by atoms with van der Waals surface area (Å²) < 4.78 is 39.0. The van der Waals surface area contributed by atoms with Gasteiger partial charge in [0.05, 0.1) is 22.2 Å². The highest BCUT2D eigenvalue weighted by Crippen LogP contribution is 2.36. The summed E-state index contributed by atoms with van der Waals surface area (Å²) in [7, 11) is 0. The van der Waals surface area contributed by atoms with Gasteiger partial charge in [-0.2, -0.15) is 13.2 Å². The van der Waals surface area contributed by atoms with Crippen molar-refractivity contribution in [1.82, 2.24) is 10.2 Å². The normalized spacial score (nSPS) is 18.5. The van der Waals surface area contributed by atoms with Crippen LogP contribution in [0.2, 0.25) is 5.02 Å². The van der Waals surface area contributed by atoms with E-state index in [1.54, 1.807) is 13.8 Å². The van der Waals surface area contributed by atoms with Gasteiger partial charge in [-0.1, -0.05) is 31.5 Å². The molecule has 0 aliphatic carbocycles. The Hall–Kier alpha value is -2.09. The first-order valence-electron chi connectivity index (χ1n) is 8.50. The van der Waals surface area contributed by atoms with Crippen molar-refractivity contribution in [1.29, 1.82) is 0 Å². The summed E-state index contributed by atoms with van der Waals surface area (Å²) >= 11 is 5.78. The van der Waals surface area contributed by atoms with Crippen LogP contribution in [0.1, 0.15) is 42.6 Å². The Morgan fingerprint density at radius 2 is 2.00 bits per heavy atom. The summed E-state index contributed by atoms with van der Waals surface area (Å²) in [5.41, 5.74) is -1.48. The molecule has 148 valence electrons. The lowest BCUT2D eigenvalue weighted by molar-refractivity contribution is -0.138. The van der Waals surface area contributed by atoms with Gasteiger partial charge in [0.2, 0.25) is 5.91 Å². The number of halogens is 4. The van der Waals surface area contributed by atoms with Crippen molar-refractivity contribution in [2.45, 2.75) is 44.9 Å². The zero-order valence-electron chi connectivity index (χ0n) is 14.8. The molecule has 5 nitrogen and oxygen atoms in total. The smallest absolute Gasteiger partial charge is 0.340 e. The molecule has 9 heteroatoms. The zero-order chi connectivity index (χ0) is 20.4. The number of carbonyl (C=O) groups is 3. The molecule has 1 fully saturated rings. The monoisotopic (exact) mass is 404 g/mol. The van der Waals surface area contributed by atoms with Crippen molar-refractivity contribution in [3.05, 3.63) is 34.3 Å². The molecule has 0 bridgehead atoms. The molecule has 2 rings (SSSR count). The van der Waals surface area contributed by atoms with Crippen molar-refractivity contribution in [2.75, 3.05) is 6.54 Å². The topological polar surface area (TPSA) is 66.5 Å². The lowest BCUT2D eigenvalue weighted by Crippen LogP contribution is -2.52. The van der Waals surface area contributed by atoms with Crippen LogP contribution in [0, 0.1) is 5.92 Å². The molecule has 1 aromatic carbocycles. The molecule has 0 radical (unpaired) electrons. The van der Waals surface area contributed by atoms with Gasteiger partial charge in [0, 0.05) is 6.54 Å². The lowest BCUT2D eigenvalue weighted by Gasteiger charge is -2.29. The van der Waals surface area contributed by atoms with E-state index in [0.717, 1.165) is 12.1 Å². The van der Waals surface area contributed by atoms with E-state index < -0.39 is 40.7 Å². The maximum Gasteiger partial charge on any atom is 0.417 e. The van der Waals surface area contributed by atoms with Gasteiger partial charge in [0.15, 0.2) is 0 Å². The maximum atomic E-state index is 13.0. The third-order valence-electron chi connectivity index (χ3n) is 4.51. The van der Waals surface area contributed by atoms with Gasteiger partial charge in [0.25, 0.3) is 5.91 Å². The van der Waals surface area contributed by atoms with Crippen LogP contribution < -0.4 is 5.32 Å². The molecule has 1 saturated heterocycles. The highest BCUT2D eigenvalue weighted by atomic mass is 35.5. The highest BCUT2D eigenvalue weighted by Gasteiger charge is 2.37. The van der Waals surface area contributed by atoms with Gasteiger partial charge in [-0.3, -0.25) is 9.59 Å². The second-order valence-electron chi connectivity index (χ2n) is 6.74. The largest absolute Gasteiger partial charge is 0.417 e. The fraction of sp³-hybridized carbons (Fsp3) is 0.500. The second-order valence-corrected chi connectivity index (χ2v) is 7.12. The number of carbonyl (C=O) groups excluding carboxylic acids is 3. The average molecular weight is 405 g/mol. The van der Waals surface area contributed by atoms with Crippen LogP contribution in [-0.4, -0.2) is 41.6 Å². The van der Waals surface area contributed by atoms with Gasteiger partial charge in [-0.25, -0.2) is 0 Å². The minimum atomic E-state index is -4.70. The van der Waals surface area contributed by atoms with Crippen LogP contribution in [0.4, 0.5) is 13.2 Å². The lowest BCUT2D eigenvalue weighted by atomic mass is 10.0. The standard InChI is InChI=1S/C18H20ClF3N2O3/c1-10(2)15(17(27)24-8-4-5-11(24)9-25)23-16(26)12-6-3-7-13(14(12)19)18(20,21)22/h3,6-7,9-11,15H,4-5,8H2,1-2H3,(H,23,26)/t11-,15-/m0/s1. The fourth-order valence-corrected chi connectivity index (χ4v) is 3.36. The number of aldehydes is 1. The summed E-state index contributed by atoms with van der Waals surface area (Å²) in [5, 5.41) is 1.76.